The number of fused-ring (bicyclic) bond motifs is 1. The quantitative estimate of drug-likeness (QED) is 0.587. The largest absolute Gasteiger partial charge is 0.493 e. The molecule has 4 rings (SSSR count). The number of piperidine rings is 1. The molecule has 1 fully saturated rings. The van der Waals surface area contributed by atoms with E-state index >= 15 is 0 Å². The second-order valence-corrected chi connectivity index (χ2v) is 8.75. The van der Waals surface area contributed by atoms with Gasteiger partial charge in [0, 0.05) is 31.7 Å². The molecule has 1 atom stereocenters. The summed E-state index contributed by atoms with van der Waals surface area (Å²) >= 11 is 0. The highest BCUT2D eigenvalue weighted by Crippen LogP contribution is 2.33. The Morgan fingerprint density at radius 3 is 2.34 bits per heavy atom. The molecule has 0 N–H and O–H groups in total. The monoisotopic (exact) mass is 484 g/mol. The average molecular weight is 485 g/mol. The highest BCUT2D eigenvalue weighted by molar-refractivity contribution is 5.94. The maximum atomic E-state index is 13.2. The van der Waals surface area contributed by atoms with Gasteiger partial charge in [-0.15, -0.1) is 0 Å². The number of rotatable bonds is 6. The van der Waals surface area contributed by atoms with Gasteiger partial charge in [-0.25, -0.2) is 4.39 Å². The third-order valence-electron chi connectivity index (χ3n) is 6.54. The van der Waals surface area contributed by atoms with Crippen LogP contribution in [0.25, 0.3) is 0 Å². The van der Waals surface area contributed by atoms with E-state index in [0.29, 0.717) is 56.0 Å². The van der Waals surface area contributed by atoms with E-state index < -0.39 is 17.7 Å². The van der Waals surface area contributed by atoms with Gasteiger partial charge < -0.3 is 24.0 Å². The minimum Gasteiger partial charge on any atom is -0.493 e. The van der Waals surface area contributed by atoms with Crippen molar-refractivity contribution < 1.29 is 33.0 Å². The van der Waals surface area contributed by atoms with Crippen LogP contribution in [0.5, 0.6) is 11.5 Å². The van der Waals surface area contributed by atoms with E-state index in [1.807, 2.05) is 12.1 Å². The van der Waals surface area contributed by atoms with Crippen LogP contribution in [0.1, 0.15) is 34.3 Å². The number of carbonyl (C=O) groups is 3. The Morgan fingerprint density at radius 2 is 1.66 bits per heavy atom. The van der Waals surface area contributed by atoms with Gasteiger partial charge in [0.1, 0.15) is 5.82 Å². The van der Waals surface area contributed by atoms with Gasteiger partial charge in [-0.2, -0.15) is 0 Å². The third-order valence-corrected chi connectivity index (χ3v) is 6.54. The van der Waals surface area contributed by atoms with Gasteiger partial charge in [0.2, 0.25) is 0 Å². The molecule has 2 aromatic rings. The molecule has 9 heteroatoms. The molecule has 0 spiro atoms. The van der Waals surface area contributed by atoms with Crippen LogP contribution in [-0.2, 0) is 27.3 Å². The van der Waals surface area contributed by atoms with Crippen LogP contribution >= 0.6 is 0 Å². The number of nitrogens with zero attached hydrogens (tertiary/aromatic N) is 2. The number of carbonyl (C=O) groups excluding carboxylic acids is 3. The van der Waals surface area contributed by atoms with E-state index in [-0.39, 0.29) is 25.0 Å². The molecule has 0 radical (unpaired) electrons. The van der Waals surface area contributed by atoms with Crippen molar-refractivity contribution >= 4 is 17.8 Å². The maximum absolute atomic E-state index is 13.2. The molecule has 35 heavy (non-hydrogen) atoms. The summed E-state index contributed by atoms with van der Waals surface area (Å²) < 4.78 is 29.2. The molecule has 2 aliphatic rings. The molecular formula is C26H29FN2O6. The maximum Gasteiger partial charge on any atom is 0.311 e. The first-order valence-corrected chi connectivity index (χ1v) is 11.6. The van der Waals surface area contributed by atoms with E-state index in [4.69, 9.17) is 14.2 Å². The Morgan fingerprint density at radius 1 is 0.971 bits per heavy atom. The van der Waals surface area contributed by atoms with E-state index in [2.05, 4.69) is 0 Å². The number of benzene rings is 2. The lowest BCUT2D eigenvalue weighted by atomic mass is 9.97. The summed E-state index contributed by atoms with van der Waals surface area (Å²) in [6.45, 7) is 1.30. The highest BCUT2D eigenvalue weighted by Gasteiger charge is 2.31. The van der Waals surface area contributed by atoms with Crippen LogP contribution in [-0.4, -0.2) is 68.0 Å². The summed E-state index contributed by atoms with van der Waals surface area (Å²) in [5.41, 5.74) is 2.43. The summed E-state index contributed by atoms with van der Waals surface area (Å²) in [5, 5.41) is 0. The molecule has 1 unspecified atom stereocenters. The number of likely N-dealkylation sites (tertiary alicyclic amines) is 1. The molecule has 8 nitrogen and oxygen atoms in total. The van der Waals surface area contributed by atoms with Crippen LogP contribution in [0.15, 0.2) is 36.4 Å². The van der Waals surface area contributed by atoms with Crippen molar-refractivity contribution in [2.24, 2.45) is 5.92 Å². The minimum absolute atomic E-state index is 0.210. The third kappa shape index (κ3) is 5.55. The lowest BCUT2D eigenvalue weighted by Crippen LogP contribution is -2.44. The van der Waals surface area contributed by atoms with Crippen molar-refractivity contribution in [2.75, 3.05) is 40.5 Å². The average Bonchev–Trinajstić information content (AvgIpc) is 2.90. The van der Waals surface area contributed by atoms with Crippen molar-refractivity contribution in [3.8, 4) is 11.5 Å². The number of hydrogen-bond donors (Lipinski definition) is 0. The summed E-state index contributed by atoms with van der Waals surface area (Å²) in [7, 11) is 3.15. The fourth-order valence-corrected chi connectivity index (χ4v) is 4.57. The van der Waals surface area contributed by atoms with Gasteiger partial charge in [-0.1, -0.05) is 0 Å². The van der Waals surface area contributed by atoms with E-state index in [9.17, 15) is 18.8 Å². The molecular weight excluding hydrogens is 455 g/mol. The smallest absolute Gasteiger partial charge is 0.311 e. The summed E-state index contributed by atoms with van der Waals surface area (Å²) in [6, 6.07) is 9.13. The zero-order chi connectivity index (χ0) is 24.9. The van der Waals surface area contributed by atoms with Crippen molar-refractivity contribution in [2.45, 2.75) is 25.8 Å². The van der Waals surface area contributed by atoms with E-state index in [0.717, 1.165) is 11.1 Å². The van der Waals surface area contributed by atoms with Gasteiger partial charge in [0.15, 0.2) is 18.1 Å². The fraction of sp³-hybridized carbons (Fsp3) is 0.423. The van der Waals surface area contributed by atoms with Crippen molar-refractivity contribution in [1.82, 2.24) is 9.80 Å². The molecule has 0 aliphatic carbocycles. The Balaban J connectivity index is 1.31. The molecule has 2 aliphatic heterocycles. The second-order valence-electron chi connectivity index (χ2n) is 8.75. The Labute approximate surface area is 203 Å². The van der Waals surface area contributed by atoms with Crippen LogP contribution in [0.4, 0.5) is 4.39 Å². The number of hydrogen-bond acceptors (Lipinski definition) is 6. The molecule has 2 aromatic carbocycles. The lowest BCUT2D eigenvalue weighted by molar-refractivity contribution is -0.157. The molecule has 186 valence electrons. The number of ether oxygens (including phenoxy) is 3. The Bertz CT molecular complexity index is 1100. The van der Waals surface area contributed by atoms with Crippen LogP contribution in [0.2, 0.25) is 0 Å². The lowest BCUT2D eigenvalue weighted by Gasteiger charge is -2.32. The van der Waals surface area contributed by atoms with Gasteiger partial charge in [0.05, 0.1) is 20.1 Å². The van der Waals surface area contributed by atoms with Gasteiger partial charge in [0.25, 0.3) is 11.8 Å². The first-order chi connectivity index (χ1) is 16.9. The Kier molecular flexibility index (Phi) is 7.53. The molecule has 0 aromatic heterocycles. The van der Waals surface area contributed by atoms with E-state index in [1.165, 1.54) is 24.3 Å². The summed E-state index contributed by atoms with van der Waals surface area (Å²) in [5.74, 6) is -0.671. The molecule has 2 amide bonds. The van der Waals surface area contributed by atoms with E-state index in [1.54, 1.807) is 24.0 Å². The zero-order valence-electron chi connectivity index (χ0n) is 19.9. The predicted molar refractivity (Wildman–Crippen MR) is 125 cm³/mol. The number of amides is 2. The standard InChI is InChI=1S/C26H29FN2O6/c1-33-22-12-18-9-11-28(15-20(18)13-23(22)34-2)24(30)16-35-26(32)19-4-3-10-29(14-19)25(31)17-5-7-21(27)8-6-17/h5-8,12-13,19H,3-4,9-11,14-16H2,1-2H3. The first kappa shape index (κ1) is 24.5. The predicted octanol–water partition coefficient (Wildman–Crippen LogP) is 2.82. The van der Waals surface area contributed by atoms with Crippen molar-refractivity contribution in [1.29, 1.82) is 0 Å². The number of halogens is 1. The van der Waals surface area contributed by atoms with Crippen molar-refractivity contribution in [3.63, 3.8) is 0 Å². The molecule has 0 bridgehead atoms. The SMILES string of the molecule is COc1cc2c(cc1OC)CN(C(=O)COC(=O)C1CCCN(C(=O)c3ccc(F)cc3)C1)CC2. The number of esters is 1. The molecule has 1 saturated heterocycles. The van der Waals surface area contributed by atoms with Gasteiger partial charge >= 0.3 is 5.97 Å². The topological polar surface area (TPSA) is 85.4 Å². The molecule has 2 heterocycles. The van der Waals surface area contributed by atoms with Gasteiger partial charge in [-0.3, -0.25) is 14.4 Å². The highest BCUT2D eigenvalue weighted by atomic mass is 19.1. The van der Waals surface area contributed by atoms with Gasteiger partial charge in [-0.05, 0) is 66.8 Å². The van der Waals surface area contributed by atoms with Crippen LogP contribution in [0, 0.1) is 11.7 Å². The molecule has 0 saturated carbocycles. The Hall–Kier alpha value is -3.62. The second kappa shape index (κ2) is 10.8. The van der Waals surface area contributed by atoms with Crippen LogP contribution < -0.4 is 9.47 Å². The fourth-order valence-electron chi connectivity index (χ4n) is 4.57. The summed E-state index contributed by atoms with van der Waals surface area (Å²) in [6.07, 6.45) is 1.90. The van der Waals surface area contributed by atoms with Crippen molar-refractivity contribution in [3.05, 3.63) is 58.9 Å². The number of methoxy groups -OCH3 is 2. The summed E-state index contributed by atoms with van der Waals surface area (Å²) in [4.78, 5) is 41.4. The normalized spacial score (nSPS) is 17.4. The first-order valence-electron chi connectivity index (χ1n) is 11.6. The zero-order valence-corrected chi connectivity index (χ0v) is 19.9. The van der Waals surface area contributed by atoms with Crippen LogP contribution in [0.3, 0.4) is 0 Å². The minimum atomic E-state index is -0.500.